The molecule has 0 rings (SSSR count). The highest BCUT2D eigenvalue weighted by Crippen LogP contribution is 2.52. The lowest BCUT2D eigenvalue weighted by atomic mass is 10.1. The van der Waals surface area contributed by atoms with Gasteiger partial charge >= 0.3 is 0 Å². The molecule has 136 valence electrons. The van der Waals surface area contributed by atoms with Crippen molar-refractivity contribution >= 4 is 24.5 Å². The van der Waals surface area contributed by atoms with E-state index in [-0.39, 0.29) is 10.8 Å². The number of nitriles is 1. The molecule has 0 aliphatic rings. The molecule has 2 nitrogen and oxygen atoms in total. The van der Waals surface area contributed by atoms with Gasteiger partial charge in [-0.3, -0.25) is 0 Å². The van der Waals surface area contributed by atoms with E-state index in [9.17, 15) is 5.26 Å². The molecule has 0 aromatic heterocycles. The van der Waals surface area contributed by atoms with Crippen LogP contribution in [0.25, 0.3) is 0 Å². The summed E-state index contributed by atoms with van der Waals surface area (Å²) < 4.78 is 6.50. The molecule has 0 aliphatic heterocycles. The van der Waals surface area contributed by atoms with Crippen molar-refractivity contribution in [3.8, 4) is 6.07 Å². The summed E-state index contributed by atoms with van der Waals surface area (Å²) >= 11 is 0. The van der Waals surface area contributed by atoms with Crippen molar-refractivity contribution in [1.82, 2.24) is 0 Å². The summed E-state index contributed by atoms with van der Waals surface area (Å²) in [7, 11) is -5.09. The summed E-state index contributed by atoms with van der Waals surface area (Å²) in [6, 6.07) is 2.88. The summed E-state index contributed by atoms with van der Waals surface area (Å²) in [6.07, 6.45) is 6.20. The molecule has 0 bridgehead atoms. The van der Waals surface area contributed by atoms with Crippen LogP contribution in [-0.2, 0) is 4.43 Å². The van der Waals surface area contributed by atoms with Gasteiger partial charge in [0.15, 0.2) is 8.32 Å². The van der Waals surface area contributed by atoms with E-state index in [0.717, 1.165) is 6.42 Å². The minimum atomic E-state index is -1.71. The Morgan fingerprint density at radius 2 is 1.35 bits per heavy atom. The van der Waals surface area contributed by atoms with Crippen molar-refractivity contribution in [2.75, 3.05) is 0 Å². The first-order chi connectivity index (χ1) is 10.2. The third-order valence-corrected chi connectivity index (χ3v) is 15.9. The zero-order valence-corrected chi connectivity index (χ0v) is 20.5. The third-order valence-electron chi connectivity index (χ3n) is 4.84. The normalized spacial score (nSPS) is 15.3. The molecular weight excluding hydrogens is 330 g/mol. The molecule has 0 aromatic carbocycles. The van der Waals surface area contributed by atoms with Gasteiger partial charge in [0.1, 0.15) is 0 Å². The summed E-state index contributed by atoms with van der Waals surface area (Å²) in [5.74, 6) is 0. The second-order valence-electron chi connectivity index (χ2n) is 9.99. The number of hydrogen-bond acceptors (Lipinski definition) is 2. The average Bonchev–Trinajstić information content (AvgIpc) is 2.30. The standard InChI is InChI=1S/C18H41NOSi3/c1-11-12-13-14-15-17(20-23(8,9)10)18(16-19,21(2,3)4)22(5,6)7/h17H,11-15H2,1-10H3. The Bertz CT molecular complexity index is 382. The lowest BCUT2D eigenvalue weighted by Gasteiger charge is -2.52. The van der Waals surface area contributed by atoms with Crippen LogP contribution < -0.4 is 0 Å². The summed E-state index contributed by atoms with van der Waals surface area (Å²) in [5.41, 5.74) is 0. The molecule has 0 spiro atoms. The van der Waals surface area contributed by atoms with Gasteiger partial charge in [0.2, 0.25) is 0 Å². The number of nitrogens with zero attached hydrogens (tertiary/aromatic N) is 1. The molecule has 1 atom stereocenters. The van der Waals surface area contributed by atoms with Gasteiger partial charge in [0, 0.05) is 0 Å². The second-order valence-corrected chi connectivity index (χ2v) is 25.5. The van der Waals surface area contributed by atoms with Gasteiger partial charge in [-0.15, -0.1) is 0 Å². The van der Waals surface area contributed by atoms with Gasteiger partial charge in [-0.1, -0.05) is 71.9 Å². The maximum Gasteiger partial charge on any atom is 0.184 e. The van der Waals surface area contributed by atoms with E-state index in [1.165, 1.54) is 25.7 Å². The second kappa shape index (κ2) is 8.46. The fourth-order valence-electron chi connectivity index (χ4n) is 4.05. The van der Waals surface area contributed by atoms with Crippen molar-refractivity contribution in [2.45, 2.75) is 109 Å². The van der Waals surface area contributed by atoms with E-state index in [1.807, 2.05) is 0 Å². The van der Waals surface area contributed by atoms with Crippen LogP contribution in [0, 0.1) is 11.3 Å². The lowest BCUT2D eigenvalue weighted by molar-refractivity contribution is 0.166. The third kappa shape index (κ3) is 6.15. The minimum absolute atomic E-state index is 0.134. The molecular formula is C18H41NOSi3. The zero-order chi connectivity index (χ0) is 18.5. The molecule has 0 N–H and O–H groups in total. The molecule has 0 aromatic rings. The Labute approximate surface area is 149 Å². The number of rotatable bonds is 10. The van der Waals surface area contributed by atoms with Crippen molar-refractivity contribution in [3.05, 3.63) is 0 Å². The Hall–Kier alpha value is 0.101. The highest BCUT2D eigenvalue weighted by molar-refractivity contribution is 7.00. The molecule has 0 saturated heterocycles. The molecule has 0 heterocycles. The molecule has 1 unspecified atom stereocenters. The van der Waals surface area contributed by atoms with Crippen LogP contribution in [0.1, 0.15) is 39.0 Å². The number of unbranched alkanes of at least 4 members (excludes halogenated alkanes) is 3. The van der Waals surface area contributed by atoms with Crippen LogP contribution >= 0.6 is 0 Å². The van der Waals surface area contributed by atoms with Gasteiger partial charge in [0.25, 0.3) is 0 Å². The summed E-state index contributed by atoms with van der Waals surface area (Å²) in [4.78, 5) is 0. The number of hydrogen-bond donors (Lipinski definition) is 0. The lowest BCUT2D eigenvalue weighted by Crippen LogP contribution is -2.61. The smallest absolute Gasteiger partial charge is 0.184 e. The maximum absolute atomic E-state index is 10.4. The van der Waals surface area contributed by atoms with E-state index in [0.29, 0.717) is 0 Å². The van der Waals surface area contributed by atoms with Crippen LogP contribution in [0.5, 0.6) is 0 Å². The molecule has 0 amide bonds. The van der Waals surface area contributed by atoms with Crippen molar-refractivity contribution < 1.29 is 4.43 Å². The molecule has 0 aliphatic carbocycles. The van der Waals surface area contributed by atoms with Crippen molar-refractivity contribution in [1.29, 1.82) is 5.26 Å². The first-order valence-electron chi connectivity index (χ1n) is 9.32. The van der Waals surface area contributed by atoms with E-state index < -0.39 is 24.5 Å². The van der Waals surface area contributed by atoms with Gasteiger partial charge in [-0.2, -0.15) is 5.26 Å². The SMILES string of the molecule is CCCCCCC(O[Si](C)(C)C)C(C#N)([Si](C)(C)C)[Si](C)(C)C. The minimum Gasteiger partial charge on any atom is -0.414 e. The molecule has 0 fully saturated rings. The largest absolute Gasteiger partial charge is 0.414 e. The van der Waals surface area contributed by atoms with Crippen LogP contribution in [0.15, 0.2) is 0 Å². The first kappa shape index (κ1) is 23.1. The van der Waals surface area contributed by atoms with Crippen LogP contribution in [0.3, 0.4) is 0 Å². The Balaban J connectivity index is 5.78. The highest BCUT2D eigenvalue weighted by Gasteiger charge is 2.58. The molecule has 0 saturated carbocycles. The van der Waals surface area contributed by atoms with Gasteiger partial charge in [-0.25, -0.2) is 0 Å². The fraction of sp³-hybridized carbons (Fsp3) is 0.944. The van der Waals surface area contributed by atoms with Gasteiger partial charge < -0.3 is 4.43 Å². The highest BCUT2D eigenvalue weighted by atomic mass is 28.4. The maximum atomic E-state index is 10.4. The Kier molecular flexibility index (Phi) is 8.50. The monoisotopic (exact) mass is 371 g/mol. The van der Waals surface area contributed by atoms with Gasteiger partial charge in [0.05, 0.1) is 33.0 Å². The topological polar surface area (TPSA) is 33.0 Å². The summed E-state index contributed by atoms with van der Waals surface area (Å²) in [5, 5.41) is 10.4. The first-order valence-corrected chi connectivity index (χ1v) is 19.7. The quantitative estimate of drug-likeness (QED) is 0.318. The van der Waals surface area contributed by atoms with E-state index in [2.05, 4.69) is 71.9 Å². The van der Waals surface area contributed by atoms with Gasteiger partial charge in [-0.05, 0) is 26.1 Å². The van der Waals surface area contributed by atoms with Crippen molar-refractivity contribution in [2.24, 2.45) is 0 Å². The molecule has 0 radical (unpaired) electrons. The molecule has 23 heavy (non-hydrogen) atoms. The Morgan fingerprint density at radius 3 is 1.65 bits per heavy atom. The van der Waals surface area contributed by atoms with E-state index >= 15 is 0 Å². The van der Waals surface area contributed by atoms with Crippen LogP contribution in [0.4, 0.5) is 0 Å². The fourth-order valence-corrected chi connectivity index (χ4v) is 17.4. The molecule has 5 heteroatoms. The Morgan fingerprint density at radius 1 is 0.870 bits per heavy atom. The van der Waals surface area contributed by atoms with E-state index in [1.54, 1.807) is 0 Å². The summed E-state index contributed by atoms with van der Waals surface area (Å²) in [6.45, 7) is 23.3. The predicted octanol–water partition coefficient (Wildman–Crippen LogP) is 6.66. The van der Waals surface area contributed by atoms with Crippen LogP contribution in [-0.4, -0.2) is 30.6 Å². The average molecular weight is 372 g/mol. The van der Waals surface area contributed by atoms with E-state index in [4.69, 9.17) is 4.43 Å². The predicted molar refractivity (Wildman–Crippen MR) is 112 cm³/mol. The zero-order valence-electron chi connectivity index (χ0n) is 17.5. The van der Waals surface area contributed by atoms with Crippen molar-refractivity contribution in [3.63, 3.8) is 0 Å². The van der Waals surface area contributed by atoms with Crippen LogP contribution in [0.2, 0.25) is 63.6 Å².